The van der Waals surface area contributed by atoms with E-state index in [9.17, 15) is 0 Å². The van der Waals surface area contributed by atoms with Crippen molar-refractivity contribution in [2.75, 3.05) is 0 Å². The second-order valence-corrected chi connectivity index (χ2v) is 2.54. The number of aromatic amines is 1. The molecule has 1 N–H and O–H groups in total. The molecule has 0 fully saturated rings. The van der Waals surface area contributed by atoms with Gasteiger partial charge in [-0.05, 0) is 12.8 Å². The lowest BCUT2D eigenvalue weighted by molar-refractivity contribution is 0.770. The third kappa shape index (κ3) is 1.70. The zero-order valence-corrected chi connectivity index (χ0v) is 6.65. The predicted molar refractivity (Wildman–Crippen MR) is 40.0 cm³/mol. The molecule has 1 heterocycles. The van der Waals surface area contributed by atoms with Crippen LogP contribution in [0.4, 0.5) is 0 Å². The number of hydrogen-bond acceptors (Lipinski definition) is 2. The van der Waals surface area contributed by atoms with E-state index < -0.39 is 0 Å². The van der Waals surface area contributed by atoms with Crippen LogP contribution in [0.3, 0.4) is 0 Å². The fourth-order valence-corrected chi connectivity index (χ4v) is 0.923. The molecule has 0 unspecified atom stereocenters. The summed E-state index contributed by atoms with van der Waals surface area (Å²) in [6.07, 6.45) is 3.24. The largest absolute Gasteiger partial charge is 0.261 e. The summed E-state index contributed by atoms with van der Waals surface area (Å²) in [5.41, 5.74) is 0.948. The number of rotatable bonds is 3. The van der Waals surface area contributed by atoms with Gasteiger partial charge in [-0.25, -0.2) is 0 Å². The molecule has 0 saturated carbocycles. The number of H-pyrrole nitrogens is 1. The number of hydrogen-bond donors (Lipinski definition) is 1. The fraction of sp³-hybridized carbons (Fsp3) is 0.667. The maximum atomic E-state index is 5.67. The highest BCUT2D eigenvalue weighted by Crippen LogP contribution is 2.10. The molecule has 0 aliphatic heterocycles. The molecular weight excluding hydrogens is 150 g/mol. The molecule has 0 atom stereocenters. The van der Waals surface area contributed by atoms with Gasteiger partial charge in [-0.2, -0.15) is 0 Å². The van der Waals surface area contributed by atoms with Crippen LogP contribution in [0.15, 0.2) is 0 Å². The van der Waals surface area contributed by atoms with Crippen LogP contribution in [-0.2, 0) is 6.42 Å². The number of aryl methyl sites for hydroxylation is 1. The van der Waals surface area contributed by atoms with Crippen LogP contribution in [0.5, 0.6) is 0 Å². The Labute approximate surface area is 64.8 Å². The van der Waals surface area contributed by atoms with E-state index in [0.717, 1.165) is 25.0 Å². The summed E-state index contributed by atoms with van der Waals surface area (Å²) in [4.78, 5) is 0. The molecule has 1 aromatic heterocycles. The maximum Gasteiger partial charge on any atom is 0.174 e. The first-order chi connectivity index (χ1) is 4.84. The highest BCUT2D eigenvalue weighted by atomic mass is 35.5. The molecule has 0 aliphatic rings. The molecule has 56 valence electrons. The van der Waals surface area contributed by atoms with E-state index in [4.69, 9.17) is 11.6 Å². The van der Waals surface area contributed by atoms with Crippen LogP contribution in [0.25, 0.3) is 0 Å². The zero-order chi connectivity index (χ0) is 7.40. The highest BCUT2D eigenvalue weighted by Gasteiger charge is 2.01. The van der Waals surface area contributed by atoms with Crippen molar-refractivity contribution < 1.29 is 0 Å². The number of unbranched alkanes of at least 4 members (excludes halogenated alkanes) is 1. The topological polar surface area (TPSA) is 41.6 Å². The molecule has 0 aliphatic carbocycles. The molecule has 0 saturated heterocycles. The summed E-state index contributed by atoms with van der Waals surface area (Å²) in [6.45, 7) is 2.14. The average Bonchev–Trinajstić information content (AvgIpc) is 2.31. The Morgan fingerprint density at radius 1 is 1.60 bits per heavy atom. The summed E-state index contributed by atoms with van der Waals surface area (Å²) >= 11 is 5.67. The molecule has 0 spiro atoms. The minimum Gasteiger partial charge on any atom is -0.261 e. The summed E-state index contributed by atoms with van der Waals surface area (Å²) in [5, 5.41) is 10.5. The van der Waals surface area contributed by atoms with Gasteiger partial charge in [0.25, 0.3) is 0 Å². The maximum absolute atomic E-state index is 5.67. The van der Waals surface area contributed by atoms with Gasteiger partial charge in [-0.3, -0.25) is 5.10 Å². The van der Waals surface area contributed by atoms with Gasteiger partial charge in [-0.15, -0.1) is 5.10 Å². The predicted octanol–water partition coefficient (Wildman–Crippen LogP) is 1.80. The minimum atomic E-state index is 0.508. The minimum absolute atomic E-state index is 0.508. The van der Waals surface area contributed by atoms with Crippen molar-refractivity contribution in [2.45, 2.75) is 26.2 Å². The van der Waals surface area contributed by atoms with Crippen molar-refractivity contribution in [3.05, 3.63) is 10.8 Å². The van der Waals surface area contributed by atoms with E-state index in [1.165, 1.54) is 0 Å². The number of aromatic nitrogens is 3. The van der Waals surface area contributed by atoms with Crippen molar-refractivity contribution in [2.24, 2.45) is 0 Å². The SMILES string of the molecule is CCCCc1[nH]nnc1Cl. The van der Waals surface area contributed by atoms with Crippen molar-refractivity contribution >= 4 is 11.6 Å². The highest BCUT2D eigenvalue weighted by molar-refractivity contribution is 6.29. The molecule has 0 aromatic carbocycles. The quantitative estimate of drug-likeness (QED) is 0.731. The molecular formula is C6H10ClN3. The van der Waals surface area contributed by atoms with Crippen molar-refractivity contribution in [1.82, 2.24) is 15.4 Å². The molecule has 1 rings (SSSR count). The lowest BCUT2D eigenvalue weighted by Gasteiger charge is -1.91. The molecule has 4 heteroatoms. The van der Waals surface area contributed by atoms with Crippen LogP contribution in [0.1, 0.15) is 25.5 Å². The van der Waals surface area contributed by atoms with Crippen LogP contribution in [-0.4, -0.2) is 15.4 Å². The number of nitrogens with zero attached hydrogens (tertiary/aromatic N) is 2. The Balaban J connectivity index is 2.49. The third-order valence-corrected chi connectivity index (χ3v) is 1.66. The van der Waals surface area contributed by atoms with E-state index in [1.54, 1.807) is 0 Å². The van der Waals surface area contributed by atoms with Gasteiger partial charge < -0.3 is 0 Å². The normalized spacial score (nSPS) is 10.2. The third-order valence-electron chi connectivity index (χ3n) is 1.35. The smallest absolute Gasteiger partial charge is 0.174 e. The van der Waals surface area contributed by atoms with Crippen LogP contribution >= 0.6 is 11.6 Å². The van der Waals surface area contributed by atoms with Crippen molar-refractivity contribution in [1.29, 1.82) is 0 Å². The average molecular weight is 160 g/mol. The Kier molecular flexibility index (Phi) is 2.68. The van der Waals surface area contributed by atoms with Crippen LogP contribution < -0.4 is 0 Å². The lowest BCUT2D eigenvalue weighted by Crippen LogP contribution is -1.84. The zero-order valence-electron chi connectivity index (χ0n) is 5.89. The second-order valence-electron chi connectivity index (χ2n) is 2.18. The summed E-state index contributed by atoms with van der Waals surface area (Å²) < 4.78 is 0. The Bertz CT molecular complexity index is 197. The lowest BCUT2D eigenvalue weighted by atomic mass is 10.2. The van der Waals surface area contributed by atoms with E-state index >= 15 is 0 Å². The molecule has 0 amide bonds. The number of nitrogens with one attached hydrogen (secondary N) is 1. The Morgan fingerprint density at radius 3 is 2.90 bits per heavy atom. The van der Waals surface area contributed by atoms with Gasteiger partial charge in [0.2, 0.25) is 0 Å². The van der Waals surface area contributed by atoms with Gasteiger partial charge in [0.05, 0.1) is 5.69 Å². The first-order valence-corrected chi connectivity index (χ1v) is 3.77. The molecule has 0 bridgehead atoms. The van der Waals surface area contributed by atoms with Gasteiger partial charge in [0.1, 0.15) is 0 Å². The van der Waals surface area contributed by atoms with E-state index in [2.05, 4.69) is 22.3 Å². The first kappa shape index (κ1) is 7.54. The van der Waals surface area contributed by atoms with E-state index in [1.807, 2.05) is 0 Å². The molecule has 1 aromatic rings. The monoisotopic (exact) mass is 159 g/mol. The van der Waals surface area contributed by atoms with Crippen molar-refractivity contribution in [3.8, 4) is 0 Å². The second kappa shape index (κ2) is 3.56. The Hall–Kier alpha value is -0.570. The Morgan fingerprint density at radius 2 is 2.40 bits per heavy atom. The van der Waals surface area contributed by atoms with E-state index in [0.29, 0.717) is 5.15 Å². The summed E-state index contributed by atoms with van der Waals surface area (Å²) in [7, 11) is 0. The van der Waals surface area contributed by atoms with Gasteiger partial charge >= 0.3 is 0 Å². The standard InChI is InChI=1S/C6H10ClN3/c1-2-3-4-5-6(7)9-10-8-5/h2-4H2,1H3,(H,8,9,10). The molecule has 0 radical (unpaired) electrons. The summed E-state index contributed by atoms with van der Waals surface area (Å²) in [6, 6.07) is 0. The first-order valence-electron chi connectivity index (χ1n) is 3.40. The van der Waals surface area contributed by atoms with Gasteiger partial charge in [0, 0.05) is 0 Å². The number of halogens is 1. The van der Waals surface area contributed by atoms with E-state index in [-0.39, 0.29) is 0 Å². The van der Waals surface area contributed by atoms with Crippen molar-refractivity contribution in [3.63, 3.8) is 0 Å². The van der Waals surface area contributed by atoms with Gasteiger partial charge in [0.15, 0.2) is 5.15 Å². The summed E-state index contributed by atoms with van der Waals surface area (Å²) in [5.74, 6) is 0. The van der Waals surface area contributed by atoms with Gasteiger partial charge in [-0.1, -0.05) is 30.2 Å². The molecule has 3 nitrogen and oxygen atoms in total. The fourth-order valence-electron chi connectivity index (χ4n) is 0.748. The molecule has 10 heavy (non-hydrogen) atoms. The van der Waals surface area contributed by atoms with Crippen LogP contribution in [0.2, 0.25) is 5.15 Å². The van der Waals surface area contributed by atoms with Crippen LogP contribution in [0, 0.1) is 0 Å².